The third-order valence-electron chi connectivity index (χ3n) is 2.94. The second kappa shape index (κ2) is 5.40. The summed E-state index contributed by atoms with van der Waals surface area (Å²) in [6.07, 6.45) is 0. The Balaban J connectivity index is 2.87. The second-order valence-electron chi connectivity index (χ2n) is 5.67. The third kappa shape index (κ3) is 3.79. The van der Waals surface area contributed by atoms with E-state index in [1.165, 1.54) is 6.07 Å². The average molecular weight is 264 g/mol. The molecule has 5 nitrogen and oxygen atoms in total. The van der Waals surface area contributed by atoms with Crippen LogP contribution in [0.25, 0.3) is 0 Å². The molecule has 0 saturated carbocycles. The number of carbonyl (C=O) groups is 2. The number of hydrogen-bond acceptors (Lipinski definition) is 3. The molecule has 0 aliphatic rings. The Kier molecular flexibility index (Phi) is 4.32. The van der Waals surface area contributed by atoms with Crippen molar-refractivity contribution in [3.63, 3.8) is 0 Å². The predicted molar refractivity (Wildman–Crippen MR) is 74.2 cm³/mol. The van der Waals surface area contributed by atoms with Crippen LogP contribution in [0.3, 0.4) is 0 Å². The highest BCUT2D eigenvalue weighted by molar-refractivity contribution is 5.96. The van der Waals surface area contributed by atoms with Gasteiger partial charge in [-0.3, -0.25) is 4.79 Å². The minimum Gasteiger partial charge on any atom is -0.478 e. The van der Waals surface area contributed by atoms with E-state index in [1.807, 2.05) is 20.8 Å². The maximum atomic E-state index is 11.9. The Bertz CT molecular complexity index is 504. The number of nitrogens with one attached hydrogen (secondary N) is 1. The highest BCUT2D eigenvalue weighted by Gasteiger charge is 2.27. The van der Waals surface area contributed by atoms with Crippen molar-refractivity contribution in [2.45, 2.75) is 33.7 Å². The number of hydrogen-bond donors (Lipinski definition) is 3. The lowest BCUT2D eigenvalue weighted by molar-refractivity contribution is -0.119. The second-order valence-corrected chi connectivity index (χ2v) is 5.67. The molecule has 19 heavy (non-hydrogen) atoms. The van der Waals surface area contributed by atoms with Crippen LogP contribution < -0.4 is 11.1 Å². The van der Waals surface area contributed by atoms with E-state index in [-0.39, 0.29) is 16.9 Å². The van der Waals surface area contributed by atoms with Gasteiger partial charge in [0.25, 0.3) is 0 Å². The smallest absolute Gasteiger partial charge is 0.335 e. The van der Waals surface area contributed by atoms with Gasteiger partial charge in [0.1, 0.15) is 0 Å². The molecule has 1 aromatic carbocycles. The number of carboxylic acids is 1. The van der Waals surface area contributed by atoms with Crippen molar-refractivity contribution < 1.29 is 14.7 Å². The van der Waals surface area contributed by atoms with E-state index in [4.69, 9.17) is 10.8 Å². The van der Waals surface area contributed by atoms with Crippen LogP contribution in [0.15, 0.2) is 18.2 Å². The summed E-state index contributed by atoms with van der Waals surface area (Å²) in [6.45, 7) is 7.34. The number of aryl methyl sites for hydroxylation is 1. The first-order valence-corrected chi connectivity index (χ1v) is 6.03. The van der Waals surface area contributed by atoms with Crippen molar-refractivity contribution in [1.82, 2.24) is 0 Å². The molecule has 1 unspecified atom stereocenters. The Morgan fingerprint density at radius 3 is 2.32 bits per heavy atom. The van der Waals surface area contributed by atoms with Gasteiger partial charge in [-0.25, -0.2) is 4.79 Å². The zero-order chi connectivity index (χ0) is 14.8. The topological polar surface area (TPSA) is 92.4 Å². The van der Waals surface area contributed by atoms with E-state index < -0.39 is 12.0 Å². The van der Waals surface area contributed by atoms with Gasteiger partial charge in [0.05, 0.1) is 11.6 Å². The summed E-state index contributed by atoms with van der Waals surface area (Å²) in [4.78, 5) is 22.8. The Labute approximate surface area is 112 Å². The SMILES string of the molecule is Cc1cc(NC(=O)C(N)C(C)(C)C)ccc1C(=O)O. The molecule has 0 fully saturated rings. The van der Waals surface area contributed by atoms with Crippen molar-refractivity contribution in [1.29, 1.82) is 0 Å². The number of anilines is 1. The maximum absolute atomic E-state index is 11.9. The summed E-state index contributed by atoms with van der Waals surface area (Å²) in [7, 11) is 0. The Morgan fingerprint density at radius 1 is 1.32 bits per heavy atom. The van der Waals surface area contributed by atoms with E-state index in [2.05, 4.69) is 5.32 Å². The minimum atomic E-state index is -0.984. The van der Waals surface area contributed by atoms with Crippen LogP contribution in [0, 0.1) is 12.3 Å². The molecule has 1 aromatic rings. The Hall–Kier alpha value is -1.88. The number of carbonyl (C=O) groups excluding carboxylic acids is 1. The molecule has 0 heterocycles. The molecule has 104 valence electrons. The van der Waals surface area contributed by atoms with Gasteiger partial charge >= 0.3 is 5.97 Å². The molecule has 4 N–H and O–H groups in total. The van der Waals surface area contributed by atoms with Gasteiger partial charge in [-0.2, -0.15) is 0 Å². The summed E-state index contributed by atoms with van der Waals surface area (Å²) in [5.74, 6) is -1.27. The number of rotatable bonds is 3. The molecule has 5 heteroatoms. The lowest BCUT2D eigenvalue weighted by Gasteiger charge is -2.25. The first kappa shape index (κ1) is 15.2. The van der Waals surface area contributed by atoms with Gasteiger partial charge in [0, 0.05) is 5.69 Å². The number of carboxylic acid groups (broad SMARTS) is 1. The predicted octanol–water partition coefficient (Wildman–Crippen LogP) is 2.01. The molecular weight excluding hydrogens is 244 g/mol. The number of aromatic carboxylic acids is 1. The maximum Gasteiger partial charge on any atom is 0.335 e. The van der Waals surface area contributed by atoms with E-state index in [0.717, 1.165) is 0 Å². The highest BCUT2D eigenvalue weighted by Crippen LogP contribution is 2.20. The molecule has 0 bridgehead atoms. The van der Waals surface area contributed by atoms with Crippen molar-refractivity contribution >= 4 is 17.6 Å². The number of benzene rings is 1. The minimum absolute atomic E-state index is 0.220. The lowest BCUT2D eigenvalue weighted by Crippen LogP contribution is -2.45. The summed E-state index contributed by atoms with van der Waals surface area (Å²) in [5.41, 5.74) is 6.88. The highest BCUT2D eigenvalue weighted by atomic mass is 16.4. The lowest BCUT2D eigenvalue weighted by atomic mass is 9.87. The van der Waals surface area contributed by atoms with Gasteiger partial charge in [0.2, 0.25) is 5.91 Å². The summed E-state index contributed by atoms with van der Waals surface area (Å²) in [6, 6.07) is 4.02. The van der Waals surface area contributed by atoms with E-state index in [0.29, 0.717) is 11.3 Å². The van der Waals surface area contributed by atoms with Gasteiger partial charge in [-0.1, -0.05) is 20.8 Å². The molecular formula is C14H20N2O3. The van der Waals surface area contributed by atoms with E-state index >= 15 is 0 Å². The van der Waals surface area contributed by atoms with Gasteiger partial charge in [0.15, 0.2) is 0 Å². The van der Waals surface area contributed by atoms with Crippen LogP contribution in [0.2, 0.25) is 0 Å². The van der Waals surface area contributed by atoms with Crippen molar-refractivity contribution in [2.24, 2.45) is 11.1 Å². The van der Waals surface area contributed by atoms with Crippen LogP contribution >= 0.6 is 0 Å². The van der Waals surface area contributed by atoms with Crippen LogP contribution in [-0.2, 0) is 4.79 Å². The standard InChI is InChI=1S/C14H20N2O3/c1-8-7-9(5-6-10(8)13(18)19)16-12(17)11(15)14(2,3)4/h5-7,11H,15H2,1-4H3,(H,16,17)(H,18,19). The largest absolute Gasteiger partial charge is 0.478 e. The molecule has 0 aliphatic heterocycles. The van der Waals surface area contributed by atoms with Crippen LogP contribution in [0.5, 0.6) is 0 Å². The molecule has 0 radical (unpaired) electrons. The zero-order valence-electron chi connectivity index (χ0n) is 11.7. The average Bonchev–Trinajstić information content (AvgIpc) is 2.26. The third-order valence-corrected chi connectivity index (χ3v) is 2.94. The van der Waals surface area contributed by atoms with Crippen LogP contribution in [0.1, 0.15) is 36.7 Å². The molecule has 0 aliphatic carbocycles. The van der Waals surface area contributed by atoms with Crippen molar-refractivity contribution in [3.05, 3.63) is 29.3 Å². The zero-order valence-corrected chi connectivity index (χ0v) is 11.7. The first-order valence-electron chi connectivity index (χ1n) is 6.03. The fraction of sp³-hybridized carbons (Fsp3) is 0.429. The quantitative estimate of drug-likeness (QED) is 0.778. The van der Waals surface area contributed by atoms with Gasteiger partial charge in [-0.05, 0) is 36.1 Å². The van der Waals surface area contributed by atoms with Crippen LogP contribution in [0.4, 0.5) is 5.69 Å². The summed E-state index contributed by atoms with van der Waals surface area (Å²) in [5, 5.41) is 11.6. The molecule has 1 rings (SSSR count). The molecule has 0 spiro atoms. The molecule has 0 aromatic heterocycles. The molecule has 0 saturated heterocycles. The van der Waals surface area contributed by atoms with Crippen LogP contribution in [-0.4, -0.2) is 23.0 Å². The number of amides is 1. The molecule has 1 amide bonds. The van der Waals surface area contributed by atoms with Crippen molar-refractivity contribution in [2.75, 3.05) is 5.32 Å². The number of nitrogens with two attached hydrogens (primary N) is 1. The molecule has 1 atom stereocenters. The summed E-state index contributed by atoms with van der Waals surface area (Å²) < 4.78 is 0. The fourth-order valence-corrected chi connectivity index (χ4v) is 1.59. The monoisotopic (exact) mass is 264 g/mol. The van der Waals surface area contributed by atoms with Gasteiger partial charge < -0.3 is 16.2 Å². The van der Waals surface area contributed by atoms with Crippen molar-refractivity contribution in [3.8, 4) is 0 Å². The van der Waals surface area contributed by atoms with E-state index in [9.17, 15) is 9.59 Å². The van der Waals surface area contributed by atoms with Gasteiger partial charge in [-0.15, -0.1) is 0 Å². The fourth-order valence-electron chi connectivity index (χ4n) is 1.59. The summed E-state index contributed by atoms with van der Waals surface area (Å²) >= 11 is 0. The van der Waals surface area contributed by atoms with E-state index in [1.54, 1.807) is 19.1 Å². The normalized spacial score (nSPS) is 12.9. The Morgan fingerprint density at radius 2 is 1.89 bits per heavy atom. The first-order chi connectivity index (χ1) is 8.62.